The minimum atomic E-state index is 0.828. The molecule has 2 saturated heterocycles. The Bertz CT molecular complexity index is 241. The third kappa shape index (κ3) is 5.34. The average molecular weight is 282 g/mol. The molecule has 0 aromatic carbocycles. The Morgan fingerprint density at radius 3 is 2.70 bits per heavy atom. The lowest BCUT2D eigenvalue weighted by atomic mass is 9.87. The Hall–Kier alpha value is -0.120. The molecule has 0 aromatic rings. The van der Waals surface area contributed by atoms with Crippen molar-refractivity contribution in [3.63, 3.8) is 0 Å². The maximum absolute atomic E-state index is 5.80. The van der Waals surface area contributed by atoms with E-state index in [-0.39, 0.29) is 0 Å². The van der Waals surface area contributed by atoms with E-state index in [0.29, 0.717) is 0 Å². The summed E-state index contributed by atoms with van der Waals surface area (Å²) in [4.78, 5) is 2.76. The normalized spacial score (nSPS) is 26.6. The monoisotopic (exact) mass is 282 g/mol. The lowest BCUT2D eigenvalue weighted by molar-refractivity contribution is 0.0635. The minimum absolute atomic E-state index is 0.828. The van der Waals surface area contributed by atoms with Crippen LogP contribution >= 0.6 is 0 Å². The third-order valence-corrected chi connectivity index (χ3v) is 5.01. The molecule has 2 fully saturated rings. The molecule has 3 heteroatoms. The highest BCUT2D eigenvalue weighted by molar-refractivity contribution is 4.84. The zero-order valence-electron chi connectivity index (χ0n) is 13.4. The van der Waals surface area contributed by atoms with Crippen LogP contribution in [0.15, 0.2) is 0 Å². The molecule has 0 bridgehead atoms. The van der Waals surface area contributed by atoms with Gasteiger partial charge in [0.05, 0.1) is 6.61 Å². The van der Waals surface area contributed by atoms with Gasteiger partial charge in [0.1, 0.15) is 0 Å². The molecule has 0 amide bonds. The van der Waals surface area contributed by atoms with E-state index < -0.39 is 0 Å². The van der Waals surface area contributed by atoms with Crippen molar-refractivity contribution in [1.29, 1.82) is 0 Å². The van der Waals surface area contributed by atoms with Gasteiger partial charge in [-0.1, -0.05) is 26.2 Å². The number of piperidine rings is 1. The van der Waals surface area contributed by atoms with E-state index in [1.807, 2.05) is 0 Å². The molecule has 1 atom stereocenters. The summed E-state index contributed by atoms with van der Waals surface area (Å²) >= 11 is 0. The zero-order chi connectivity index (χ0) is 14.0. The van der Waals surface area contributed by atoms with Crippen LogP contribution in [-0.4, -0.2) is 50.3 Å². The Balaban J connectivity index is 1.78. The van der Waals surface area contributed by atoms with E-state index in [2.05, 4.69) is 17.1 Å². The second-order valence-electron chi connectivity index (χ2n) is 6.51. The Labute approximate surface area is 125 Å². The van der Waals surface area contributed by atoms with Gasteiger partial charge in [0.15, 0.2) is 0 Å². The van der Waals surface area contributed by atoms with Gasteiger partial charge in [-0.2, -0.15) is 0 Å². The van der Waals surface area contributed by atoms with Crippen molar-refractivity contribution < 1.29 is 4.74 Å². The van der Waals surface area contributed by atoms with Crippen molar-refractivity contribution in [3.8, 4) is 0 Å². The molecule has 0 spiro atoms. The molecule has 0 aliphatic carbocycles. The predicted octanol–water partition coefficient (Wildman–Crippen LogP) is 3.05. The van der Waals surface area contributed by atoms with Gasteiger partial charge in [-0.3, -0.25) is 4.90 Å². The summed E-state index contributed by atoms with van der Waals surface area (Å²) in [5.41, 5.74) is 0. The number of ether oxygens (including phenoxy) is 1. The summed E-state index contributed by atoms with van der Waals surface area (Å²) in [6.07, 6.45) is 10.8. The number of nitrogens with zero attached hydrogens (tertiary/aromatic N) is 1. The van der Waals surface area contributed by atoms with Gasteiger partial charge < -0.3 is 10.1 Å². The second-order valence-corrected chi connectivity index (χ2v) is 6.51. The van der Waals surface area contributed by atoms with Crippen LogP contribution in [0.3, 0.4) is 0 Å². The molecule has 2 aliphatic heterocycles. The Morgan fingerprint density at radius 2 is 1.90 bits per heavy atom. The molecule has 2 rings (SSSR count). The van der Waals surface area contributed by atoms with Crippen LogP contribution in [0.5, 0.6) is 0 Å². The maximum atomic E-state index is 5.80. The van der Waals surface area contributed by atoms with E-state index in [1.54, 1.807) is 0 Å². The molecule has 0 radical (unpaired) electrons. The lowest BCUT2D eigenvalue weighted by Crippen LogP contribution is -2.45. The summed E-state index contributed by atoms with van der Waals surface area (Å²) in [6.45, 7) is 9.00. The molecule has 118 valence electrons. The summed E-state index contributed by atoms with van der Waals surface area (Å²) in [5.74, 6) is 0.921. The van der Waals surface area contributed by atoms with Crippen LogP contribution < -0.4 is 5.32 Å². The standard InChI is InChI=1S/C17H34N2O/c1-2-3-14-20-15-13-19-12-6-4-5-7-17(19)16-8-10-18-11-9-16/h16-18H,2-15H2,1H3. The number of unbranched alkanes of at least 4 members (excludes halogenated alkanes) is 1. The number of rotatable bonds is 7. The highest BCUT2D eigenvalue weighted by atomic mass is 16.5. The number of nitrogens with one attached hydrogen (secondary N) is 1. The SMILES string of the molecule is CCCCOCCN1CCCCCC1C1CCNCC1. The molecule has 3 nitrogen and oxygen atoms in total. The van der Waals surface area contributed by atoms with Crippen LogP contribution in [0.2, 0.25) is 0 Å². The first-order chi connectivity index (χ1) is 9.92. The summed E-state index contributed by atoms with van der Waals surface area (Å²) < 4.78 is 5.80. The highest BCUT2D eigenvalue weighted by Gasteiger charge is 2.29. The first-order valence-corrected chi connectivity index (χ1v) is 8.94. The van der Waals surface area contributed by atoms with Crippen molar-refractivity contribution in [2.75, 3.05) is 39.4 Å². The van der Waals surface area contributed by atoms with Crippen LogP contribution in [0.4, 0.5) is 0 Å². The molecule has 0 saturated carbocycles. The largest absolute Gasteiger partial charge is 0.380 e. The topological polar surface area (TPSA) is 24.5 Å². The van der Waals surface area contributed by atoms with E-state index in [9.17, 15) is 0 Å². The molecule has 1 unspecified atom stereocenters. The molecule has 2 heterocycles. The van der Waals surface area contributed by atoms with Gasteiger partial charge in [-0.05, 0) is 57.7 Å². The second kappa shape index (κ2) is 9.75. The van der Waals surface area contributed by atoms with Gasteiger partial charge in [-0.25, -0.2) is 0 Å². The van der Waals surface area contributed by atoms with Crippen molar-refractivity contribution in [3.05, 3.63) is 0 Å². The van der Waals surface area contributed by atoms with Crippen LogP contribution in [0.25, 0.3) is 0 Å². The molecule has 0 aromatic heterocycles. The van der Waals surface area contributed by atoms with Gasteiger partial charge in [0.25, 0.3) is 0 Å². The third-order valence-electron chi connectivity index (χ3n) is 5.01. The van der Waals surface area contributed by atoms with Crippen LogP contribution in [0.1, 0.15) is 58.3 Å². The number of likely N-dealkylation sites (tertiary alicyclic amines) is 1. The fourth-order valence-corrected chi connectivity index (χ4v) is 3.76. The maximum Gasteiger partial charge on any atom is 0.0593 e. The smallest absolute Gasteiger partial charge is 0.0593 e. The fourth-order valence-electron chi connectivity index (χ4n) is 3.76. The predicted molar refractivity (Wildman–Crippen MR) is 85.1 cm³/mol. The zero-order valence-corrected chi connectivity index (χ0v) is 13.4. The first-order valence-electron chi connectivity index (χ1n) is 8.94. The number of hydrogen-bond acceptors (Lipinski definition) is 3. The Kier molecular flexibility index (Phi) is 7.92. The summed E-state index contributed by atoms with van der Waals surface area (Å²) in [5, 5.41) is 3.51. The van der Waals surface area contributed by atoms with Crippen molar-refractivity contribution in [2.45, 2.75) is 64.3 Å². The lowest BCUT2D eigenvalue weighted by Gasteiger charge is -2.38. The quantitative estimate of drug-likeness (QED) is 0.726. The van der Waals surface area contributed by atoms with Gasteiger partial charge in [-0.15, -0.1) is 0 Å². The van der Waals surface area contributed by atoms with E-state index >= 15 is 0 Å². The van der Waals surface area contributed by atoms with Gasteiger partial charge >= 0.3 is 0 Å². The van der Waals surface area contributed by atoms with E-state index in [1.165, 1.54) is 71.0 Å². The van der Waals surface area contributed by atoms with Crippen molar-refractivity contribution >= 4 is 0 Å². The summed E-state index contributed by atoms with van der Waals surface area (Å²) in [6, 6.07) is 0.828. The van der Waals surface area contributed by atoms with E-state index in [4.69, 9.17) is 4.74 Å². The molecule has 2 aliphatic rings. The molecular formula is C17H34N2O. The highest BCUT2D eigenvalue weighted by Crippen LogP contribution is 2.28. The van der Waals surface area contributed by atoms with Crippen LogP contribution in [0, 0.1) is 5.92 Å². The van der Waals surface area contributed by atoms with E-state index in [0.717, 1.165) is 31.7 Å². The average Bonchev–Trinajstić information content (AvgIpc) is 2.73. The number of hydrogen-bond donors (Lipinski definition) is 1. The molecule has 1 N–H and O–H groups in total. The van der Waals surface area contributed by atoms with Gasteiger partial charge in [0, 0.05) is 19.2 Å². The fraction of sp³-hybridized carbons (Fsp3) is 1.00. The van der Waals surface area contributed by atoms with Gasteiger partial charge in [0.2, 0.25) is 0 Å². The summed E-state index contributed by atoms with van der Waals surface area (Å²) in [7, 11) is 0. The molecule has 20 heavy (non-hydrogen) atoms. The van der Waals surface area contributed by atoms with Crippen molar-refractivity contribution in [1.82, 2.24) is 10.2 Å². The minimum Gasteiger partial charge on any atom is -0.380 e. The molecular weight excluding hydrogens is 248 g/mol. The first kappa shape index (κ1) is 16.3. The van der Waals surface area contributed by atoms with Crippen molar-refractivity contribution in [2.24, 2.45) is 5.92 Å². The van der Waals surface area contributed by atoms with Crippen LogP contribution in [-0.2, 0) is 4.74 Å². The Morgan fingerprint density at radius 1 is 1.05 bits per heavy atom.